The van der Waals surface area contributed by atoms with Crippen LogP contribution in [-0.4, -0.2) is 32.0 Å². The number of carbonyl (C=O) groups is 1. The predicted octanol–water partition coefficient (Wildman–Crippen LogP) is 2.91. The van der Waals surface area contributed by atoms with Gasteiger partial charge in [0.15, 0.2) is 11.5 Å². The van der Waals surface area contributed by atoms with Crippen LogP contribution in [0, 0.1) is 0 Å². The standard InChI is InChI=1S/C17H18ClN5O/c1-2-9-19-16(24)15-17(22-10-5-6-11-22)23(21-20-15)12-13-7-3-4-8-14(13)18/h3-8,10-11H,2,9,12H2,1H3,(H,19,24). The highest BCUT2D eigenvalue weighted by molar-refractivity contribution is 6.31. The SMILES string of the molecule is CCCNC(=O)c1nnn(Cc2ccccc2Cl)c1-n1cccc1. The molecule has 0 bridgehead atoms. The Labute approximate surface area is 145 Å². The van der Waals surface area contributed by atoms with Crippen molar-refractivity contribution in [2.45, 2.75) is 19.9 Å². The van der Waals surface area contributed by atoms with Gasteiger partial charge in [-0.05, 0) is 30.2 Å². The summed E-state index contributed by atoms with van der Waals surface area (Å²) in [5, 5.41) is 11.8. The average molecular weight is 344 g/mol. The summed E-state index contributed by atoms with van der Waals surface area (Å²) in [6.07, 6.45) is 4.58. The molecule has 1 amide bonds. The van der Waals surface area contributed by atoms with Crippen molar-refractivity contribution in [2.75, 3.05) is 6.54 Å². The molecule has 0 saturated carbocycles. The van der Waals surface area contributed by atoms with Gasteiger partial charge in [0.05, 0.1) is 6.54 Å². The summed E-state index contributed by atoms with van der Waals surface area (Å²) in [4.78, 5) is 12.4. The van der Waals surface area contributed by atoms with Crippen molar-refractivity contribution in [3.63, 3.8) is 0 Å². The van der Waals surface area contributed by atoms with Crippen LogP contribution in [0.5, 0.6) is 0 Å². The van der Waals surface area contributed by atoms with Crippen LogP contribution in [0.2, 0.25) is 5.02 Å². The maximum atomic E-state index is 12.4. The molecule has 0 fully saturated rings. The summed E-state index contributed by atoms with van der Waals surface area (Å²) in [6, 6.07) is 11.3. The number of hydrogen-bond acceptors (Lipinski definition) is 3. The van der Waals surface area contributed by atoms with E-state index >= 15 is 0 Å². The first-order valence-electron chi connectivity index (χ1n) is 7.79. The second-order valence-corrected chi connectivity index (χ2v) is 5.76. The largest absolute Gasteiger partial charge is 0.351 e. The first-order valence-corrected chi connectivity index (χ1v) is 8.17. The molecule has 0 aliphatic carbocycles. The zero-order valence-corrected chi connectivity index (χ0v) is 14.1. The van der Waals surface area contributed by atoms with E-state index in [4.69, 9.17) is 11.6 Å². The third-order valence-electron chi connectivity index (χ3n) is 3.59. The number of halogens is 1. The van der Waals surface area contributed by atoms with Gasteiger partial charge in [0.1, 0.15) is 0 Å². The fourth-order valence-corrected chi connectivity index (χ4v) is 2.60. The van der Waals surface area contributed by atoms with Gasteiger partial charge in [0.2, 0.25) is 0 Å². The lowest BCUT2D eigenvalue weighted by Crippen LogP contribution is -2.26. The van der Waals surface area contributed by atoms with E-state index in [1.54, 1.807) is 4.68 Å². The molecule has 3 aromatic rings. The molecule has 3 rings (SSSR count). The second-order valence-electron chi connectivity index (χ2n) is 5.36. The summed E-state index contributed by atoms with van der Waals surface area (Å²) in [7, 11) is 0. The van der Waals surface area contributed by atoms with Crippen molar-refractivity contribution in [3.8, 4) is 5.82 Å². The Morgan fingerprint density at radius 1 is 1.21 bits per heavy atom. The highest BCUT2D eigenvalue weighted by Gasteiger charge is 2.21. The van der Waals surface area contributed by atoms with E-state index in [-0.39, 0.29) is 5.91 Å². The third kappa shape index (κ3) is 3.33. The number of rotatable bonds is 6. The smallest absolute Gasteiger partial charge is 0.275 e. The molecule has 2 heterocycles. The van der Waals surface area contributed by atoms with Gasteiger partial charge in [-0.1, -0.05) is 41.9 Å². The minimum atomic E-state index is -0.231. The Morgan fingerprint density at radius 2 is 1.96 bits per heavy atom. The van der Waals surface area contributed by atoms with Gasteiger partial charge in [-0.15, -0.1) is 5.10 Å². The molecule has 0 saturated heterocycles. The summed E-state index contributed by atoms with van der Waals surface area (Å²) >= 11 is 6.24. The van der Waals surface area contributed by atoms with Crippen molar-refractivity contribution in [2.24, 2.45) is 0 Å². The maximum Gasteiger partial charge on any atom is 0.275 e. The molecule has 24 heavy (non-hydrogen) atoms. The maximum absolute atomic E-state index is 12.4. The summed E-state index contributed by atoms with van der Waals surface area (Å²) in [6.45, 7) is 3.03. The van der Waals surface area contributed by atoms with Gasteiger partial charge in [0, 0.05) is 24.0 Å². The number of nitrogens with one attached hydrogen (secondary N) is 1. The van der Waals surface area contributed by atoms with Crippen LogP contribution in [0.3, 0.4) is 0 Å². The Kier molecular flexibility index (Phi) is 4.96. The molecule has 6 nitrogen and oxygen atoms in total. The van der Waals surface area contributed by atoms with Crippen molar-refractivity contribution >= 4 is 17.5 Å². The molecule has 0 aliphatic rings. The molecule has 0 unspecified atom stereocenters. The van der Waals surface area contributed by atoms with E-state index in [0.717, 1.165) is 12.0 Å². The highest BCUT2D eigenvalue weighted by atomic mass is 35.5. The van der Waals surface area contributed by atoms with Crippen LogP contribution >= 0.6 is 11.6 Å². The molecule has 124 valence electrons. The lowest BCUT2D eigenvalue weighted by Gasteiger charge is -2.10. The number of amides is 1. The van der Waals surface area contributed by atoms with Crippen molar-refractivity contribution in [1.82, 2.24) is 24.9 Å². The van der Waals surface area contributed by atoms with E-state index in [2.05, 4.69) is 15.6 Å². The van der Waals surface area contributed by atoms with Crippen molar-refractivity contribution in [1.29, 1.82) is 0 Å². The van der Waals surface area contributed by atoms with Gasteiger partial charge in [-0.25, -0.2) is 4.68 Å². The van der Waals surface area contributed by atoms with E-state index in [0.29, 0.717) is 29.6 Å². The van der Waals surface area contributed by atoms with Crippen LogP contribution in [0.1, 0.15) is 29.4 Å². The molecule has 0 aliphatic heterocycles. The van der Waals surface area contributed by atoms with E-state index in [1.807, 2.05) is 60.3 Å². The molecular formula is C17H18ClN5O. The van der Waals surface area contributed by atoms with Crippen LogP contribution in [0.4, 0.5) is 0 Å². The first kappa shape index (κ1) is 16.3. The van der Waals surface area contributed by atoms with Gasteiger partial charge < -0.3 is 9.88 Å². The minimum absolute atomic E-state index is 0.231. The lowest BCUT2D eigenvalue weighted by atomic mass is 10.2. The van der Waals surface area contributed by atoms with Crippen LogP contribution in [0.15, 0.2) is 48.8 Å². The molecule has 2 aromatic heterocycles. The molecular weight excluding hydrogens is 326 g/mol. The molecule has 0 atom stereocenters. The van der Waals surface area contributed by atoms with E-state index in [9.17, 15) is 4.79 Å². The lowest BCUT2D eigenvalue weighted by molar-refractivity contribution is 0.0948. The van der Waals surface area contributed by atoms with Crippen LogP contribution < -0.4 is 5.32 Å². The van der Waals surface area contributed by atoms with Crippen LogP contribution in [-0.2, 0) is 6.54 Å². The van der Waals surface area contributed by atoms with Crippen LogP contribution in [0.25, 0.3) is 5.82 Å². The Bertz CT molecular complexity index is 825. The number of hydrogen-bond donors (Lipinski definition) is 1. The Balaban J connectivity index is 1.99. The normalized spacial score (nSPS) is 10.8. The number of aromatic nitrogens is 4. The Morgan fingerprint density at radius 3 is 2.67 bits per heavy atom. The molecule has 1 N–H and O–H groups in total. The third-order valence-corrected chi connectivity index (χ3v) is 3.96. The molecule has 7 heteroatoms. The average Bonchev–Trinajstić information content (AvgIpc) is 3.24. The zero-order chi connectivity index (χ0) is 16.9. The molecule has 0 spiro atoms. The van der Waals surface area contributed by atoms with Gasteiger partial charge >= 0.3 is 0 Å². The van der Waals surface area contributed by atoms with Gasteiger partial charge in [-0.3, -0.25) is 4.79 Å². The highest BCUT2D eigenvalue weighted by Crippen LogP contribution is 2.19. The fourth-order valence-electron chi connectivity index (χ4n) is 2.40. The van der Waals surface area contributed by atoms with Gasteiger partial charge in [-0.2, -0.15) is 0 Å². The molecule has 0 radical (unpaired) electrons. The monoisotopic (exact) mass is 343 g/mol. The zero-order valence-electron chi connectivity index (χ0n) is 13.3. The first-order chi connectivity index (χ1) is 11.7. The summed E-state index contributed by atoms with van der Waals surface area (Å²) in [5.41, 5.74) is 1.21. The number of nitrogens with zero attached hydrogens (tertiary/aromatic N) is 4. The number of carbonyl (C=O) groups excluding carboxylic acids is 1. The van der Waals surface area contributed by atoms with E-state index in [1.165, 1.54) is 0 Å². The van der Waals surface area contributed by atoms with Gasteiger partial charge in [0.25, 0.3) is 5.91 Å². The Hall–Kier alpha value is -2.60. The van der Waals surface area contributed by atoms with Crippen molar-refractivity contribution < 1.29 is 4.79 Å². The fraction of sp³-hybridized carbons (Fsp3) is 0.235. The predicted molar refractivity (Wildman–Crippen MR) is 92.5 cm³/mol. The summed E-state index contributed by atoms with van der Waals surface area (Å²) in [5.74, 6) is 0.388. The molecule has 1 aromatic carbocycles. The minimum Gasteiger partial charge on any atom is -0.351 e. The summed E-state index contributed by atoms with van der Waals surface area (Å²) < 4.78 is 3.51. The van der Waals surface area contributed by atoms with Crippen molar-refractivity contribution in [3.05, 3.63) is 65.1 Å². The topological polar surface area (TPSA) is 64.7 Å². The quantitative estimate of drug-likeness (QED) is 0.748. The second kappa shape index (κ2) is 7.31. The number of benzene rings is 1. The van der Waals surface area contributed by atoms with E-state index < -0.39 is 0 Å².